The fourth-order valence-corrected chi connectivity index (χ4v) is 5.23. The number of halogens is 1. The van der Waals surface area contributed by atoms with Crippen molar-refractivity contribution >= 4 is 39.4 Å². The molecular formula is C12H10ClN2NaO6S. The standard InChI is InChI=1S/C12H11ClN2O6S.Na/c1-12(3-2-6-4-7(13)14-21-6)10(11(17)18)15-8(16)5-9(15)22(12,19)20;/h2-4,9-10H,5H2,1H3,(H,17,18);/q;+1/p-1/b3-2-;/t9-,10+,12+;/m1./s1. The van der Waals surface area contributed by atoms with Crippen LogP contribution in [0.4, 0.5) is 0 Å². The molecule has 0 N–H and O–H groups in total. The third-order valence-electron chi connectivity index (χ3n) is 4.04. The van der Waals surface area contributed by atoms with Crippen molar-refractivity contribution in [3.8, 4) is 0 Å². The number of hydrogen-bond donors (Lipinski definition) is 0. The molecular weight excluding hydrogens is 359 g/mol. The number of carbonyl (C=O) groups excluding carboxylic acids is 2. The molecule has 11 heteroatoms. The molecule has 0 radical (unpaired) electrons. The van der Waals surface area contributed by atoms with Gasteiger partial charge in [-0.2, -0.15) is 0 Å². The van der Waals surface area contributed by atoms with Gasteiger partial charge in [0.25, 0.3) is 0 Å². The molecule has 2 saturated heterocycles. The third kappa shape index (κ3) is 2.54. The SMILES string of the molecule is C[C@]1(/C=C\c2cc(Cl)no2)[C@H](C(=O)[O-])N2C(=O)C[C@H]2S1(=O)=O.[Na+]. The molecule has 1 amide bonds. The van der Waals surface area contributed by atoms with Crippen LogP contribution < -0.4 is 34.7 Å². The quantitative estimate of drug-likeness (QED) is 0.396. The number of amides is 1. The minimum Gasteiger partial charge on any atom is -0.548 e. The average molecular weight is 369 g/mol. The second kappa shape index (κ2) is 5.89. The molecule has 0 spiro atoms. The molecule has 0 saturated carbocycles. The topological polar surface area (TPSA) is 121 Å². The van der Waals surface area contributed by atoms with Crippen molar-refractivity contribution in [3.05, 3.63) is 23.1 Å². The van der Waals surface area contributed by atoms with Crippen molar-refractivity contribution in [1.82, 2.24) is 10.1 Å². The van der Waals surface area contributed by atoms with Gasteiger partial charge in [0, 0.05) is 6.07 Å². The Balaban J connectivity index is 0.00000192. The normalized spacial score (nSPS) is 31.6. The van der Waals surface area contributed by atoms with Crippen LogP contribution in [0.15, 0.2) is 16.7 Å². The molecule has 0 unspecified atom stereocenters. The Morgan fingerprint density at radius 1 is 1.61 bits per heavy atom. The number of aromatic nitrogens is 1. The summed E-state index contributed by atoms with van der Waals surface area (Å²) >= 11 is 5.59. The molecule has 118 valence electrons. The molecule has 2 aliphatic heterocycles. The maximum atomic E-state index is 12.6. The summed E-state index contributed by atoms with van der Waals surface area (Å²) in [5.41, 5.74) is 0. The first-order valence-electron chi connectivity index (χ1n) is 6.25. The first-order chi connectivity index (χ1) is 10.2. The molecule has 0 aromatic carbocycles. The zero-order valence-electron chi connectivity index (χ0n) is 12.2. The molecule has 1 aromatic heterocycles. The minimum absolute atomic E-state index is 0. The molecule has 3 atom stereocenters. The van der Waals surface area contributed by atoms with Gasteiger partial charge in [-0.25, -0.2) is 8.42 Å². The van der Waals surface area contributed by atoms with Crippen LogP contribution in [-0.4, -0.2) is 46.5 Å². The van der Waals surface area contributed by atoms with E-state index < -0.39 is 37.9 Å². The predicted octanol–water partition coefficient (Wildman–Crippen LogP) is -3.79. The third-order valence-corrected chi connectivity index (χ3v) is 6.91. The smallest absolute Gasteiger partial charge is 0.548 e. The van der Waals surface area contributed by atoms with Crippen LogP contribution in [-0.2, 0) is 19.4 Å². The Bertz CT molecular complexity index is 806. The van der Waals surface area contributed by atoms with Gasteiger partial charge in [0.05, 0.1) is 18.4 Å². The van der Waals surface area contributed by atoms with Crippen molar-refractivity contribution < 1.29 is 57.2 Å². The number of β-lactam (4-membered cyclic amide) rings is 1. The number of aliphatic carboxylic acids is 1. The van der Waals surface area contributed by atoms with Crippen LogP contribution >= 0.6 is 11.6 Å². The number of sulfone groups is 1. The van der Waals surface area contributed by atoms with Crippen molar-refractivity contribution in [2.24, 2.45) is 0 Å². The van der Waals surface area contributed by atoms with Gasteiger partial charge >= 0.3 is 29.6 Å². The van der Waals surface area contributed by atoms with Crippen molar-refractivity contribution in [2.75, 3.05) is 0 Å². The Hall–Kier alpha value is -0.870. The number of nitrogens with zero attached hydrogens (tertiary/aromatic N) is 2. The second-order valence-electron chi connectivity index (χ2n) is 5.30. The summed E-state index contributed by atoms with van der Waals surface area (Å²) in [6.07, 6.45) is 2.22. The van der Waals surface area contributed by atoms with E-state index in [4.69, 9.17) is 16.1 Å². The predicted molar refractivity (Wildman–Crippen MR) is 71.9 cm³/mol. The Morgan fingerprint density at radius 3 is 2.74 bits per heavy atom. The summed E-state index contributed by atoms with van der Waals surface area (Å²) in [5, 5.41) is 13.8. The molecule has 1 aromatic rings. The average Bonchev–Trinajstić information content (AvgIpc) is 2.88. The van der Waals surface area contributed by atoms with Gasteiger partial charge in [0.1, 0.15) is 10.1 Å². The van der Waals surface area contributed by atoms with Crippen molar-refractivity contribution in [1.29, 1.82) is 0 Å². The Kier molecular flexibility index (Phi) is 4.73. The first kappa shape index (κ1) is 18.5. The van der Waals surface area contributed by atoms with Gasteiger partial charge in [0.2, 0.25) is 5.91 Å². The van der Waals surface area contributed by atoms with E-state index in [1.54, 1.807) is 0 Å². The molecule has 3 rings (SSSR count). The summed E-state index contributed by atoms with van der Waals surface area (Å²) in [6, 6.07) is -0.241. The Labute approximate surface area is 158 Å². The molecule has 3 heterocycles. The number of rotatable bonds is 3. The molecule has 0 aliphatic carbocycles. The molecule has 2 aliphatic rings. The van der Waals surface area contributed by atoms with Gasteiger partial charge in [-0.15, -0.1) is 0 Å². The van der Waals surface area contributed by atoms with Gasteiger partial charge < -0.3 is 19.3 Å². The maximum Gasteiger partial charge on any atom is 1.00 e. The van der Waals surface area contributed by atoms with E-state index in [2.05, 4.69) is 5.16 Å². The van der Waals surface area contributed by atoms with Crippen LogP contribution in [0.25, 0.3) is 6.08 Å². The van der Waals surface area contributed by atoms with E-state index in [0.717, 1.165) is 4.90 Å². The second-order valence-corrected chi connectivity index (χ2v) is 8.20. The summed E-state index contributed by atoms with van der Waals surface area (Å²) < 4.78 is 28.1. The van der Waals surface area contributed by atoms with Gasteiger partial charge in [-0.1, -0.05) is 22.8 Å². The van der Waals surface area contributed by atoms with Crippen molar-refractivity contribution in [3.63, 3.8) is 0 Å². The fraction of sp³-hybridized carbons (Fsp3) is 0.417. The summed E-state index contributed by atoms with van der Waals surface area (Å²) in [5.74, 6) is -1.98. The van der Waals surface area contributed by atoms with Crippen LogP contribution in [0.5, 0.6) is 0 Å². The minimum atomic E-state index is -3.92. The van der Waals surface area contributed by atoms with E-state index in [-0.39, 0.29) is 46.9 Å². The number of carbonyl (C=O) groups is 2. The summed E-state index contributed by atoms with van der Waals surface area (Å²) in [6.45, 7) is 1.24. The maximum absolute atomic E-state index is 12.6. The monoisotopic (exact) mass is 368 g/mol. The first-order valence-corrected chi connectivity index (χ1v) is 8.18. The number of hydrogen-bond acceptors (Lipinski definition) is 7. The molecule has 8 nitrogen and oxygen atoms in total. The van der Waals surface area contributed by atoms with E-state index in [1.165, 1.54) is 25.1 Å². The van der Waals surface area contributed by atoms with Crippen LogP contribution in [0.3, 0.4) is 0 Å². The van der Waals surface area contributed by atoms with E-state index in [0.29, 0.717) is 0 Å². The zero-order valence-corrected chi connectivity index (χ0v) is 15.8. The van der Waals surface area contributed by atoms with E-state index >= 15 is 0 Å². The van der Waals surface area contributed by atoms with Gasteiger partial charge in [-0.05, 0) is 13.0 Å². The van der Waals surface area contributed by atoms with Crippen molar-refractivity contribution in [2.45, 2.75) is 29.5 Å². The summed E-state index contributed by atoms with van der Waals surface area (Å²) in [4.78, 5) is 23.8. The van der Waals surface area contributed by atoms with Crippen LogP contribution in [0, 0.1) is 0 Å². The molecule has 23 heavy (non-hydrogen) atoms. The number of carboxylic acid groups (broad SMARTS) is 1. The summed E-state index contributed by atoms with van der Waals surface area (Å²) in [7, 11) is -3.92. The number of carboxylic acids is 1. The molecule has 0 bridgehead atoms. The van der Waals surface area contributed by atoms with Gasteiger partial charge in [0.15, 0.2) is 20.8 Å². The fourth-order valence-electron chi connectivity index (χ4n) is 2.82. The van der Waals surface area contributed by atoms with E-state index in [9.17, 15) is 23.1 Å². The molecule has 2 fully saturated rings. The van der Waals surface area contributed by atoms with Crippen LogP contribution in [0.1, 0.15) is 19.1 Å². The zero-order chi connectivity index (χ0) is 16.3. The van der Waals surface area contributed by atoms with Gasteiger partial charge in [-0.3, -0.25) is 4.79 Å². The van der Waals surface area contributed by atoms with E-state index in [1.807, 2.05) is 0 Å². The Morgan fingerprint density at radius 2 is 2.26 bits per heavy atom. The largest absolute Gasteiger partial charge is 1.00 e. The van der Waals surface area contributed by atoms with Crippen LogP contribution in [0.2, 0.25) is 5.15 Å². The number of fused-ring (bicyclic) bond motifs is 1.